The van der Waals surface area contributed by atoms with E-state index in [1.54, 1.807) is 0 Å². The van der Waals surface area contributed by atoms with Crippen LogP contribution in [0.4, 0.5) is 5.00 Å². The Hall–Kier alpha value is -1.50. The fourth-order valence-electron chi connectivity index (χ4n) is 3.16. The lowest BCUT2D eigenvalue weighted by Crippen LogP contribution is -2.25. The monoisotopic (exact) mass is 423 g/mol. The fraction of sp³-hybridized carbons (Fsp3) is 0.400. The van der Waals surface area contributed by atoms with Gasteiger partial charge in [0.25, 0.3) is 0 Å². The Labute approximate surface area is 172 Å². The number of anilines is 1. The predicted molar refractivity (Wildman–Crippen MR) is 112 cm³/mol. The Kier molecular flexibility index (Phi) is 6.84. The number of carbonyl (C=O) groups excluding carboxylic acids is 2. The van der Waals surface area contributed by atoms with Crippen molar-refractivity contribution in [1.82, 2.24) is 0 Å². The molecule has 144 valence electrons. The number of fused-ring (bicyclic) bond motifs is 1. The van der Waals surface area contributed by atoms with E-state index in [0.29, 0.717) is 22.0 Å². The minimum absolute atomic E-state index is 0.0961. The van der Waals surface area contributed by atoms with Gasteiger partial charge in [-0.25, -0.2) is 4.79 Å². The molecule has 1 aromatic carbocycles. The lowest BCUT2D eigenvalue weighted by molar-refractivity contribution is -0.115. The molecule has 1 atom stereocenters. The van der Waals surface area contributed by atoms with E-state index in [1.807, 2.05) is 31.2 Å². The second-order valence-corrected chi connectivity index (χ2v) is 9.18. The van der Waals surface area contributed by atoms with Crippen molar-refractivity contribution in [3.05, 3.63) is 45.3 Å². The van der Waals surface area contributed by atoms with Crippen LogP contribution in [0.5, 0.6) is 0 Å². The summed E-state index contributed by atoms with van der Waals surface area (Å²) in [6, 6.07) is 7.45. The number of thiophene rings is 1. The first-order chi connectivity index (χ1) is 13.0. The molecular formula is C20H22ClNO3S2. The number of ether oxygens (including phenoxy) is 1. The lowest BCUT2D eigenvalue weighted by Gasteiger charge is -2.15. The van der Waals surface area contributed by atoms with Gasteiger partial charge in [0.1, 0.15) is 5.00 Å². The highest BCUT2D eigenvalue weighted by molar-refractivity contribution is 8.00. The quantitative estimate of drug-likeness (QED) is 0.487. The number of nitrogens with one attached hydrogen (secondary N) is 1. The van der Waals surface area contributed by atoms with Gasteiger partial charge in [-0.15, -0.1) is 23.1 Å². The molecule has 1 amide bonds. The third-order valence-electron chi connectivity index (χ3n) is 4.55. The van der Waals surface area contributed by atoms with Gasteiger partial charge in [0.2, 0.25) is 5.91 Å². The highest BCUT2D eigenvalue weighted by atomic mass is 35.5. The van der Waals surface area contributed by atoms with Gasteiger partial charge in [-0.1, -0.05) is 18.5 Å². The number of thioether (sulfide) groups is 1. The Morgan fingerprint density at radius 3 is 2.63 bits per heavy atom. The molecule has 7 heteroatoms. The summed E-state index contributed by atoms with van der Waals surface area (Å²) in [5, 5.41) is 4.03. The average molecular weight is 424 g/mol. The smallest absolute Gasteiger partial charge is 0.341 e. The first-order valence-corrected chi connectivity index (χ1v) is 11.1. The van der Waals surface area contributed by atoms with Crippen molar-refractivity contribution in [3.8, 4) is 0 Å². The van der Waals surface area contributed by atoms with E-state index >= 15 is 0 Å². The van der Waals surface area contributed by atoms with Crippen LogP contribution in [0, 0.1) is 0 Å². The zero-order valence-corrected chi connectivity index (χ0v) is 17.7. The van der Waals surface area contributed by atoms with Gasteiger partial charge in [-0.3, -0.25) is 4.79 Å². The number of aryl methyl sites for hydroxylation is 1. The first-order valence-electron chi connectivity index (χ1n) is 8.99. The molecule has 0 spiro atoms. The van der Waals surface area contributed by atoms with Gasteiger partial charge in [0, 0.05) is 14.8 Å². The topological polar surface area (TPSA) is 55.4 Å². The molecule has 0 bridgehead atoms. The van der Waals surface area contributed by atoms with Crippen LogP contribution in [0.3, 0.4) is 0 Å². The van der Waals surface area contributed by atoms with E-state index < -0.39 is 0 Å². The van der Waals surface area contributed by atoms with Crippen molar-refractivity contribution in [3.63, 3.8) is 0 Å². The molecular weight excluding hydrogens is 402 g/mol. The zero-order chi connectivity index (χ0) is 19.4. The molecule has 0 unspecified atom stereocenters. The van der Waals surface area contributed by atoms with Gasteiger partial charge in [-0.05, 0) is 61.9 Å². The third kappa shape index (κ3) is 4.68. The molecule has 0 fully saturated rings. The minimum Gasteiger partial charge on any atom is -0.465 e. The number of amides is 1. The van der Waals surface area contributed by atoms with Crippen LogP contribution < -0.4 is 5.32 Å². The van der Waals surface area contributed by atoms with Gasteiger partial charge >= 0.3 is 5.97 Å². The Morgan fingerprint density at radius 1 is 1.26 bits per heavy atom. The Bertz CT molecular complexity index is 832. The summed E-state index contributed by atoms with van der Waals surface area (Å²) in [6.07, 6.45) is 4.67. The first kappa shape index (κ1) is 20.2. The molecule has 0 saturated heterocycles. The summed E-state index contributed by atoms with van der Waals surface area (Å²) in [5.41, 5.74) is 1.59. The largest absolute Gasteiger partial charge is 0.465 e. The third-order valence-corrected chi connectivity index (χ3v) is 7.39. The molecule has 1 heterocycles. The number of halogens is 1. The van der Waals surface area contributed by atoms with Crippen molar-refractivity contribution in [2.75, 3.05) is 12.4 Å². The van der Waals surface area contributed by atoms with Gasteiger partial charge < -0.3 is 10.1 Å². The normalized spacial score (nSPS) is 14.3. The van der Waals surface area contributed by atoms with Crippen LogP contribution in [0.25, 0.3) is 0 Å². The van der Waals surface area contributed by atoms with Gasteiger partial charge in [0.15, 0.2) is 0 Å². The highest BCUT2D eigenvalue weighted by Gasteiger charge is 2.28. The number of methoxy groups -OCH3 is 1. The van der Waals surface area contributed by atoms with E-state index in [4.69, 9.17) is 16.3 Å². The maximum absolute atomic E-state index is 12.9. The second-order valence-electron chi connectivity index (χ2n) is 6.36. The van der Waals surface area contributed by atoms with Crippen LogP contribution in [-0.4, -0.2) is 24.2 Å². The lowest BCUT2D eigenvalue weighted by atomic mass is 9.95. The molecule has 1 aliphatic carbocycles. The van der Waals surface area contributed by atoms with Crippen molar-refractivity contribution >= 4 is 51.6 Å². The number of benzene rings is 1. The summed E-state index contributed by atoms with van der Waals surface area (Å²) in [4.78, 5) is 27.4. The number of hydrogen-bond acceptors (Lipinski definition) is 5. The average Bonchev–Trinajstić information content (AvgIpc) is 3.04. The summed E-state index contributed by atoms with van der Waals surface area (Å²) in [6.45, 7) is 1.98. The van der Waals surface area contributed by atoms with E-state index in [2.05, 4.69) is 5.32 Å². The zero-order valence-electron chi connectivity index (χ0n) is 15.3. The molecule has 0 saturated carbocycles. The summed E-state index contributed by atoms with van der Waals surface area (Å²) < 4.78 is 4.98. The fourth-order valence-corrected chi connectivity index (χ4v) is 5.52. The number of hydrogen-bond donors (Lipinski definition) is 1. The molecule has 27 heavy (non-hydrogen) atoms. The summed E-state index contributed by atoms with van der Waals surface area (Å²) >= 11 is 8.94. The van der Waals surface area contributed by atoms with E-state index in [1.165, 1.54) is 35.1 Å². The van der Waals surface area contributed by atoms with Crippen LogP contribution in [-0.2, 0) is 22.4 Å². The second kappa shape index (κ2) is 9.13. The number of rotatable bonds is 6. The SMILES string of the molecule is CC[C@H](Sc1ccc(Cl)cc1)C(=O)Nc1sc2c(c1C(=O)OC)CCCC2. The van der Waals surface area contributed by atoms with Crippen LogP contribution in [0.1, 0.15) is 47.0 Å². The van der Waals surface area contributed by atoms with Crippen molar-refractivity contribution in [2.24, 2.45) is 0 Å². The van der Waals surface area contributed by atoms with E-state index in [-0.39, 0.29) is 17.1 Å². The molecule has 1 N–H and O–H groups in total. The van der Waals surface area contributed by atoms with Crippen molar-refractivity contribution in [2.45, 2.75) is 49.2 Å². The van der Waals surface area contributed by atoms with E-state index in [9.17, 15) is 9.59 Å². The van der Waals surface area contributed by atoms with Crippen LogP contribution in [0.15, 0.2) is 29.2 Å². The Balaban J connectivity index is 1.80. The minimum atomic E-state index is -0.372. The molecule has 4 nitrogen and oxygen atoms in total. The van der Waals surface area contributed by atoms with Crippen LogP contribution in [0.2, 0.25) is 5.02 Å². The molecule has 1 aliphatic rings. The maximum atomic E-state index is 12.9. The van der Waals surface area contributed by atoms with Crippen molar-refractivity contribution in [1.29, 1.82) is 0 Å². The predicted octanol–water partition coefficient (Wildman–Crippen LogP) is 5.58. The van der Waals surface area contributed by atoms with Crippen LogP contribution >= 0.6 is 34.7 Å². The standard InChI is InChI=1S/C20H22ClNO3S2/c1-3-15(26-13-10-8-12(21)9-11-13)18(23)22-19-17(20(24)25-2)14-6-4-5-7-16(14)27-19/h8-11,15H,3-7H2,1-2H3,(H,22,23)/t15-/m0/s1. The molecule has 3 rings (SSSR count). The van der Waals surface area contributed by atoms with Crippen molar-refractivity contribution < 1.29 is 14.3 Å². The van der Waals surface area contributed by atoms with Gasteiger partial charge in [-0.2, -0.15) is 0 Å². The molecule has 0 radical (unpaired) electrons. The highest BCUT2D eigenvalue weighted by Crippen LogP contribution is 2.39. The number of carbonyl (C=O) groups is 2. The molecule has 1 aromatic heterocycles. The Morgan fingerprint density at radius 2 is 1.96 bits per heavy atom. The molecule has 2 aromatic rings. The summed E-state index contributed by atoms with van der Waals surface area (Å²) in [5.74, 6) is -0.468. The van der Waals surface area contributed by atoms with Gasteiger partial charge in [0.05, 0.1) is 17.9 Å². The maximum Gasteiger partial charge on any atom is 0.341 e. The number of esters is 1. The van der Waals surface area contributed by atoms with E-state index in [0.717, 1.165) is 36.1 Å². The summed E-state index contributed by atoms with van der Waals surface area (Å²) in [7, 11) is 1.38. The molecule has 0 aliphatic heterocycles.